The van der Waals surface area contributed by atoms with Gasteiger partial charge in [0, 0.05) is 51.0 Å². The van der Waals surface area contributed by atoms with E-state index in [4.69, 9.17) is 0 Å². The third-order valence-corrected chi connectivity index (χ3v) is 4.50. The number of carbonyl (C=O) groups excluding carboxylic acids is 1. The molecule has 0 atom stereocenters. The van der Waals surface area contributed by atoms with E-state index in [2.05, 4.69) is 39.4 Å². The van der Waals surface area contributed by atoms with Gasteiger partial charge in [-0.15, -0.1) is 0 Å². The molecule has 136 valence electrons. The summed E-state index contributed by atoms with van der Waals surface area (Å²) in [7, 11) is 0. The van der Waals surface area contributed by atoms with Gasteiger partial charge in [0.05, 0.1) is 0 Å². The summed E-state index contributed by atoms with van der Waals surface area (Å²) in [5.41, 5.74) is 1.94. The lowest BCUT2D eigenvalue weighted by molar-refractivity contribution is -0.116. The largest absolute Gasteiger partial charge is 0.369 e. The minimum Gasteiger partial charge on any atom is -0.369 e. The highest BCUT2D eigenvalue weighted by atomic mass is 19.1. The van der Waals surface area contributed by atoms with Crippen molar-refractivity contribution in [1.82, 2.24) is 10.2 Å². The van der Waals surface area contributed by atoms with E-state index in [-0.39, 0.29) is 11.7 Å². The van der Waals surface area contributed by atoms with Crippen LogP contribution in [0, 0.1) is 5.82 Å². The van der Waals surface area contributed by atoms with E-state index in [9.17, 15) is 9.18 Å². The zero-order chi connectivity index (χ0) is 18.2. The van der Waals surface area contributed by atoms with Gasteiger partial charge in [0.15, 0.2) is 0 Å². The number of hydrogen-bond acceptors (Lipinski definition) is 3. The molecule has 5 heteroatoms. The Balaban J connectivity index is 1.36. The fraction of sp³-hybridized carbons (Fsp3) is 0.286. The van der Waals surface area contributed by atoms with E-state index in [1.807, 2.05) is 6.07 Å². The molecule has 1 heterocycles. The Kier molecular flexibility index (Phi) is 6.39. The van der Waals surface area contributed by atoms with Gasteiger partial charge in [-0.05, 0) is 35.9 Å². The molecule has 2 aromatic carbocycles. The van der Waals surface area contributed by atoms with Crippen molar-refractivity contribution in [3.05, 3.63) is 72.1 Å². The summed E-state index contributed by atoms with van der Waals surface area (Å²) in [5.74, 6) is -0.459. The number of benzene rings is 2. The minimum atomic E-state index is -0.304. The number of nitrogens with zero attached hydrogens (tertiary/aromatic N) is 2. The van der Waals surface area contributed by atoms with Crippen molar-refractivity contribution in [2.75, 3.05) is 44.2 Å². The Bertz CT molecular complexity index is 740. The first-order valence-corrected chi connectivity index (χ1v) is 8.94. The van der Waals surface area contributed by atoms with E-state index < -0.39 is 0 Å². The highest BCUT2D eigenvalue weighted by Gasteiger charge is 2.16. The summed E-state index contributed by atoms with van der Waals surface area (Å²) >= 11 is 0. The van der Waals surface area contributed by atoms with Gasteiger partial charge >= 0.3 is 0 Å². The van der Waals surface area contributed by atoms with Crippen molar-refractivity contribution >= 4 is 17.7 Å². The fourth-order valence-electron chi connectivity index (χ4n) is 3.05. The van der Waals surface area contributed by atoms with Crippen molar-refractivity contribution in [2.24, 2.45) is 0 Å². The van der Waals surface area contributed by atoms with Crippen LogP contribution in [0.25, 0.3) is 6.08 Å². The summed E-state index contributed by atoms with van der Waals surface area (Å²) < 4.78 is 13.1. The Labute approximate surface area is 153 Å². The highest BCUT2D eigenvalue weighted by molar-refractivity contribution is 5.91. The lowest BCUT2D eigenvalue weighted by Crippen LogP contribution is -2.48. The Morgan fingerprint density at radius 3 is 2.54 bits per heavy atom. The molecule has 1 saturated heterocycles. The average Bonchev–Trinajstić information content (AvgIpc) is 2.68. The third-order valence-electron chi connectivity index (χ3n) is 4.50. The van der Waals surface area contributed by atoms with Crippen molar-refractivity contribution < 1.29 is 9.18 Å². The molecule has 0 bridgehead atoms. The standard InChI is InChI=1S/C21H24FN3O/c22-19-6-4-5-18(17-19)9-10-21(26)23-11-12-24-13-15-25(16-14-24)20-7-2-1-3-8-20/h1-10,17H,11-16H2,(H,23,26)/b10-9-. The van der Waals surface area contributed by atoms with Crippen LogP contribution in [0.2, 0.25) is 0 Å². The first kappa shape index (κ1) is 18.1. The number of hydrogen-bond donors (Lipinski definition) is 1. The summed E-state index contributed by atoms with van der Waals surface area (Å²) in [5, 5.41) is 2.88. The van der Waals surface area contributed by atoms with Crippen LogP contribution in [0.15, 0.2) is 60.7 Å². The predicted octanol–water partition coefficient (Wildman–Crippen LogP) is 2.78. The predicted molar refractivity (Wildman–Crippen MR) is 104 cm³/mol. The lowest BCUT2D eigenvalue weighted by Gasteiger charge is -2.36. The van der Waals surface area contributed by atoms with Gasteiger partial charge in [-0.25, -0.2) is 4.39 Å². The number of piperazine rings is 1. The van der Waals surface area contributed by atoms with E-state index >= 15 is 0 Å². The van der Waals surface area contributed by atoms with E-state index in [1.165, 1.54) is 23.9 Å². The topological polar surface area (TPSA) is 35.6 Å². The van der Waals surface area contributed by atoms with Crippen LogP contribution in [-0.2, 0) is 4.79 Å². The van der Waals surface area contributed by atoms with Gasteiger partial charge in [-0.3, -0.25) is 9.69 Å². The number of carbonyl (C=O) groups is 1. The van der Waals surface area contributed by atoms with Gasteiger partial charge in [0.2, 0.25) is 5.91 Å². The van der Waals surface area contributed by atoms with E-state index in [1.54, 1.807) is 18.2 Å². The molecule has 0 aliphatic carbocycles. The second-order valence-corrected chi connectivity index (χ2v) is 6.34. The van der Waals surface area contributed by atoms with Crippen LogP contribution in [0.1, 0.15) is 5.56 Å². The van der Waals surface area contributed by atoms with Crippen molar-refractivity contribution in [3.8, 4) is 0 Å². The van der Waals surface area contributed by atoms with Gasteiger partial charge < -0.3 is 10.2 Å². The van der Waals surface area contributed by atoms with Crippen LogP contribution < -0.4 is 10.2 Å². The number of para-hydroxylation sites is 1. The molecule has 0 saturated carbocycles. The molecule has 1 fully saturated rings. The highest BCUT2D eigenvalue weighted by Crippen LogP contribution is 2.15. The molecule has 26 heavy (non-hydrogen) atoms. The molecule has 2 aromatic rings. The second kappa shape index (κ2) is 9.15. The van der Waals surface area contributed by atoms with Gasteiger partial charge in [0.1, 0.15) is 5.82 Å². The number of amides is 1. The smallest absolute Gasteiger partial charge is 0.244 e. The Morgan fingerprint density at radius 1 is 1.04 bits per heavy atom. The molecular formula is C21H24FN3O. The van der Waals surface area contributed by atoms with Crippen LogP contribution >= 0.6 is 0 Å². The van der Waals surface area contributed by atoms with Gasteiger partial charge in [-0.2, -0.15) is 0 Å². The van der Waals surface area contributed by atoms with E-state index in [0.29, 0.717) is 12.1 Å². The van der Waals surface area contributed by atoms with Crippen LogP contribution in [0.3, 0.4) is 0 Å². The molecule has 0 unspecified atom stereocenters. The van der Waals surface area contributed by atoms with Crippen molar-refractivity contribution in [1.29, 1.82) is 0 Å². The Morgan fingerprint density at radius 2 is 1.81 bits per heavy atom. The van der Waals surface area contributed by atoms with Crippen LogP contribution in [0.5, 0.6) is 0 Å². The van der Waals surface area contributed by atoms with Gasteiger partial charge in [-0.1, -0.05) is 30.3 Å². The molecule has 1 N–H and O–H groups in total. The molecule has 3 rings (SSSR count). The second-order valence-electron chi connectivity index (χ2n) is 6.34. The summed E-state index contributed by atoms with van der Waals surface area (Å²) in [6.07, 6.45) is 3.07. The quantitative estimate of drug-likeness (QED) is 0.811. The first-order valence-electron chi connectivity index (χ1n) is 8.94. The minimum absolute atomic E-state index is 0.155. The lowest BCUT2D eigenvalue weighted by atomic mass is 10.2. The molecule has 4 nitrogen and oxygen atoms in total. The molecule has 1 aliphatic heterocycles. The summed E-state index contributed by atoms with van der Waals surface area (Å²) in [4.78, 5) is 16.6. The molecule has 1 aliphatic rings. The SMILES string of the molecule is O=C(/C=C\c1cccc(F)c1)NCCN1CCN(c2ccccc2)CC1. The number of anilines is 1. The molecule has 0 aromatic heterocycles. The number of halogens is 1. The van der Waals surface area contributed by atoms with Crippen LogP contribution in [0.4, 0.5) is 10.1 Å². The molecular weight excluding hydrogens is 329 g/mol. The van der Waals surface area contributed by atoms with Gasteiger partial charge in [0.25, 0.3) is 0 Å². The molecule has 0 radical (unpaired) electrons. The average molecular weight is 353 g/mol. The monoisotopic (exact) mass is 353 g/mol. The zero-order valence-corrected chi connectivity index (χ0v) is 14.8. The molecule has 1 amide bonds. The maximum Gasteiger partial charge on any atom is 0.244 e. The van der Waals surface area contributed by atoms with Crippen LogP contribution in [-0.4, -0.2) is 50.1 Å². The van der Waals surface area contributed by atoms with E-state index in [0.717, 1.165) is 32.7 Å². The first-order chi connectivity index (χ1) is 12.7. The summed E-state index contributed by atoms with van der Waals surface area (Å²) in [6.45, 7) is 5.42. The molecule has 0 spiro atoms. The summed E-state index contributed by atoms with van der Waals surface area (Å²) in [6, 6.07) is 16.6. The third kappa shape index (κ3) is 5.43. The zero-order valence-electron chi connectivity index (χ0n) is 14.8. The maximum absolute atomic E-state index is 13.1. The normalized spacial score (nSPS) is 15.3. The maximum atomic E-state index is 13.1. The van der Waals surface area contributed by atoms with Crippen molar-refractivity contribution in [2.45, 2.75) is 0 Å². The Hall–Kier alpha value is -2.66. The number of rotatable bonds is 6. The number of nitrogens with one attached hydrogen (secondary N) is 1. The fourth-order valence-corrected chi connectivity index (χ4v) is 3.05. The van der Waals surface area contributed by atoms with Crippen molar-refractivity contribution in [3.63, 3.8) is 0 Å².